The molecule has 1 N–H and O–H groups in total. The zero-order valence-electron chi connectivity index (χ0n) is 31.5. The van der Waals surface area contributed by atoms with Crippen molar-refractivity contribution in [2.75, 3.05) is 5.32 Å². The first-order valence-corrected chi connectivity index (χ1v) is 19.5. The van der Waals surface area contributed by atoms with Crippen LogP contribution < -0.4 is 5.32 Å². The smallest absolute Gasteiger partial charge is 0.248 e. The van der Waals surface area contributed by atoms with Crippen LogP contribution in [0.2, 0.25) is 0 Å². The van der Waals surface area contributed by atoms with Crippen molar-refractivity contribution < 1.29 is 14.4 Å². The molecule has 1 aliphatic heterocycles. The summed E-state index contributed by atoms with van der Waals surface area (Å²) < 4.78 is 4.02. The molecule has 0 spiro atoms. The Morgan fingerprint density at radius 2 is 1.82 bits per heavy atom. The molecule has 0 bridgehead atoms. The Morgan fingerprint density at radius 3 is 2.55 bits per heavy atom. The fourth-order valence-electron chi connectivity index (χ4n) is 7.92. The van der Waals surface area contributed by atoms with Gasteiger partial charge in [-0.3, -0.25) is 23.7 Å². The van der Waals surface area contributed by atoms with E-state index in [1.807, 2.05) is 44.3 Å². The number of nitrogens with zero attached hydrogens (tertiary/aromatic N) is 9. The van der Waals surface area contributed by atoms with Gasteiger partial charge in [-0.1, -0.05) is 36.8 Å². The predicted molar refractivity (Wildman–Crippen MR) is 214 cm³/mol. The third kappa shape index (κ3) is 7.91. The molecule has 1 aliphatic carbocycles. The number of piperidine rings is 1. The van der Waals surface area contributed by atoms with Crippen molar-refractivity contribution in [1.82, 2.24) is 44.6 Å². The highest BCUT2D eigenvalue weighted by atomic mass is 79.9. The standard InChI is InChI=1S/C41H45BrN10O3/c1-6-8-9-10-11-12-13-28-16-29(30-20-43-27(5)44-21-30)17-32-37(26(4)53)48-51(38(28)32)23-36(54)52-33(40(55)46-39-25(3)14-15-35(42)45-39)18-41(19-34(41)52)24-50-22-31(7-2)47-49-50/h6-7,14-17,20-22,33-34H,1-2,8-13,18-19,23-24H2,3-5H3,(H,45,46,55)/t33-,34+,41-/m0/s1. The molecule has 1 saturated carbocycles. The van der Waals surface area contributed by atoms with Crippen LogP contribution in [0.4, 0.5) is 5.82 Å². The van der Waals surface area contributed by atoms with E-state index < -0.39 is 6.04 Å². The Bertz CT molecular complexity index is 2300. The predicted octanol–water partition coefficient (Wildman–Crippen LogP) is 7.08. The van der Waals surface area contributed by atoms with E-state index in [-0.39, 0.29) is 35.6 Å². The zero-order chi connectivity index (χ0) is 38.9. The van der Waals surface area contributed by atoms with Gasteiger partial charge < -0.3 is 10.2 Å². The van der Waals surface area contributed by atoms with Gasteiger partial charge in [0, 0.05) is 41.7 Å². The number of carbonyl (C=O) groups is 3. The van der Waals surface area contributed by atoms with Crippen LogP contribution in [0.15, 0.2) is 66.7 Å². The minimum atomic E-state index is -0.758. The maximum Gasteiger partial charge on any atom is 0.248 e. The summed E-state index contributed by atoms with van der Waals surface area (Å²) >= 11 is 3.41. The third-order valence-corrected chi connectivity index (χ3v) is 11.3. The molecule has 55 heavy (non-hydrogen) atoms. The lowest BCUT2D eigenvalue weighted by Gasteiger charge is -2.27. The number of unbranched alkanes of at least 4 members (excludes halogenated alkanes) is 4. The second-order valence-electron chi connectivity index (χ2n) is 14.8. The van der Waals surface area contributed by atoms with Gasteiger partial charge in [0.15, 0.2) is 5.78 Å². The fourth-order valence-corrected chi connectivity index (χ4v) is 8.23. The van der Waals surface area contributed by atoms with Crippen molar-refractivity contribution >= 4 is 56.3 Å². The molecular weight excluding hydrogens is 760 g/mol. The van der Waals surface area contributed by atoms with Gasteiger partial charge in [0.2, 0.25) is 11.8 Å². The molecule has 2 fully saturated rings. The summed E-state index contributed by atoms with van der Waals surface area (Å²) in [5.74, 6) is 0.337. The van der Waals surface area contributed by atoms with E-state index in [9.17, 15) is 14.4 Å². The lowest BCUT2D eigenvalue weighted by Crippen LogP contribution is -2.47. The van der Waals surface area contributed by atoms with Gasteiger partial charge in [-0.25, -0.2) is 15.0 Å². The van der Waals surface area contributed by atoms with Gasteiger partial charge in [0.1, 0.15) is 40.2 Å². The van der Waals surface area contributed by atoms with Crippen molar-refractivity contribution in [2.24, 2.45) is 5.41 Å². The SMILES string of the molecule is C=CCCCCCCc1cc(-c2cnc(C)nc2)cc2c(C(C)=O)nn(CC(=O)N3[C@H](C(=O)Nc4nc(Br)ccc4C)C[C@@]4(Cn5cc(C=C)nn5)C[C@@H]34)c12. The molecule has 284 valence electrons. The number of fused-ring (bicyclic) bond motifs is 2. The molecule has 2 amide bonds. The molecule has 1 aromatic carbocycles. The Balaban J connectivity index is 1.24. The number of pyridine rings is 1. The maximum absolute atomic E-state index is 14.7. The molecule has 1 saturated heterocycles. The maximum atomic E-state index is 14.7. The molecule has 0 unspecified atom stereocenters. The van der Waals surface area contributed by atoms with Crippen LogP contribution in [0.25, 0.3) is 28.1 Å². The first kappa shape index (κ1) is 37.9. The van der Waals surface area contributed by atoms with Crippen LogP contribution in [-0.4, -0.2) is 74.3 Å². The normalized spacial score (nSPS) is 18.7. The van der Waals surface area contributed by atoms with Gasteiger partial charge >= 0.3 is 0 Å². The first-order valence-electron chi connectivity index (χ1n) is 18.7. The number of hydrogen-bond donors (Lipinski definition) is 1. The lowest BCUT2D eigenvalue weighted by molar-refractivity contribution is -0.138. The Kier molecular flexibility index (Phi) is 10.9. The number of aromatic nitrogens is 8. The summed E-state index contributed by atoms with van der Waals surface area (Å²) in [6.07, 6.45) is 16.0. The molecule has 2 aliphatic rings. The van der Waals surface area contributed by atoms with Gasteiger partial charge in [0.25, 0.3) is 0 Å². The van der Waals surface area contributed by atoms with Gasteiger partial charge in [-0.2, -0.15) is 5.10 Å². The second-order valence-corrected chi connectivity index (χ2v) is 15.6. The lowest BCUT2D eigenvalue weighted by atomic mass is 9.96. The Hall–Kier alpha value is -5.37. The summed E-state index contributed by atoms with van der Waals surface area (Å²) in [5, 5.41) is 16.9. The molecule has 3 atom stereocenters. The second kappa shape index (κ2) is 15.8. The third-order valence-electron chi connectivity index (χ3n) is 10.8. The zero-order valence-corrected chi connectivity index (χ0v) is 33.0. The topological polar surface area (TPSA) is 154 Å². The number of nitrogens with one attached hydrogen (secondary N) is 1. The van der Waals surface area contributed by atoms with Crippen LogP contribution in [0, 0.1) is 19.3 Å². The summed E-state index contributed by atoms with van der Waals surface area (Å²) in [5.41, 5.74) is 4.84. The van der Waals surface area contributed by atoms with Crippen molar-refractivity contribution in [3.05, 3.63) is 95.0 Å². The van der Waals surface area contributed by atoms with E-state index in [0.29, 0.717) is 46.0 Å². The molecule has 7 rings (SSSR count). The van der Waals surface area contributed by atoms with E-state index in [2.05, 4.69) is 65.7 Å². The number of anilines is 1. The number of hydrogen-bond acceptors (Lipinski definition) is 9. The number of aryl methyl sites for hydroxylation is 3. The number of ketones is 1. The molecule has 14 heteroatoms. The van der Waals surface area contributed by atoms with E-state index in [1.165, 1.54) is 6.92 Å². The molecule has 13 nitrogen and oxygen atoms in total. The number of amides is 2. The number of rotatable bonds is 16. The average molecular weight is 806 g/mol. The number of halogens is 1. The number of benzene rings is 1. The average Bonchev–Trinajstić information content (AvgIpc) is 3.44. The first-order chi connectivity index (χ1) is 26.5. The Morgan fingerprint density at radius 1 is 1.04 bits per heavy atom. The molecule has 0 radical (unpaired) electrons. The summed E-state index contributed by atoms with van der Waals surface area (Å²) in [4.78, 5) is 57.0. The highest BCUT2D eigenvalue weighted by Crippen LogP contribution is 2.60. The van der Waals surface area contributed by atoms with Crippen molar-refractivity contribution in [3.63, 3.8) is 0 Å². The quantitative estimate of drug-likeness (QED) is 0.0477. The largest absolute Gasteiger partial charge is 0.325 e. The monoisotopic (exact) mass is 804 g/mol. The highest BCUT2D eigenvalue weighted by Gasteiger charge is 2.67. The van der Waals surface area contributed by atoms with Crippen LogP contribution in [0.3, 0.4) is 0 Å². The fraction of sp³-hybridized carbons (Fsp3) is 0.390. The molecular formula is C41H45BrN10O3. The van der Waals surface area contributed by atoms with E-state index in [0.717, 1.165) is 72.7 Å². The number of carbonyl (C=O) groups excluding carboxylic acids is 3. The van der Waals surface area contributed by atoms with Crippen LogP contribution in [0.1, 0.15) is 85.0 Å². The van der Waals surface area contributed by atoms with Crippen molar-refractivity contribution in [2.45, 2.75) is 97.3 Å². The van der Waals surface area contributed by atoms with Crippen LogP contribution in [-0.2, 0) is 29.1 Å². The summed E-state index contributed by atoms with van der Waals surface area (Å²) in [6.45, 7) is 13.2. The molecule has 5 heterocycles. The van der Waals surface area contributed by atoms with Crippen LogP contribution in [0.5, 0.6) is 0 Å². The summed E-state index contributed by atoms with van der Waals surface area (Å²) in [7, 11) is 0. The van der Waals surface area contributed by atoms with Crippen molar-refractivity contribution in [3.8, 4) is 11.1 Å². The number of likely N-dealkylation sites (tertiary alicyclic amines) is 1. The minimum Gasteiger partial charge on any atom is -0.325 e. The van der Waals surface area contributed by atoms with E-state index in [4.69, 9.17) is 5.10 Å². The highest BCUT2D eigenvalue weighted by molar-refractivity contribution is 9.10. The van der Waals surface area contributed by atoms with Crippen molar-refractivity contribution in [1.29, 1.82) is 0 Å². The summed E-state index contributed by atoms with van der Waals surface area (Å²) in [6, 6.07) is 6.79. The molecule has 5 aromatic rings. The number of Topliss-reactive ketones (excluding diaryl/α,β-unsaturated/α-hetero) is 1. The van der Waals surface area contributed by atoms with Gasteiger partial charge in [-0.05, 0) is 109 Å². The van der Waals surface area contributed by atoms with E-state index in [1.54, 1.807) is 32.7 Å². The van der Waals surface area contributed by atoms with Gasteiger partial charge in [0.05, 0.1) is 18.3 Å². The molecule has 4 aromatic heterocycles. The van der Waals surface area contributed by atoms with Gasteiger partial charge in [-0.15, -0.1) is 11.7 Å². The van der Waals surface area contributed by atoms with E-state index >= 15 is 0 Å². The minimum absolute atomic E-state index is 0.141. The van der Waals surface area contributed by atoms with Crippen LogP contribution >= 0.6 is 15.9 Å². The Labute approximate surface area is 328 Å². The number of allylic oxidation sites excluding steroid dienone is 1.